The van der Waals surface area contributed by atoms with Gasteiger partial charge in [0.25, 0.3) is 0 Å². The lowest BCUT2D eigenvalue weighted by Crippen LogP contribution is -2.49. The zero-order valence-electron chi connectivity index (χ0n) is 26.7. The molecule has 0 aliphatic rings. The van der Waals surface area contributed by atoms with Crippen molar-refractivity contribution in [2.75, 3.05) is 27.2 Å². The van der Waals surface area contributed by atoms with E-state index in [9.17, 15) is 10.2 Å². The summed E-state index contributed by atoms with van der Waals surface area (Å²) >= 11 is 0. The van der Waals surface area contributed by atoms with Gasteiger partial charge in [-0.05, 0) is 12.8 Å². The van der Waals surface area contributed by atoms with Gasteiger partial charge in [0.05, 0.1) is 14.1 Å². The van der Waals surface area contributed by atoms with Crippen molar-refractivity contribution < 1.29 is 20.2 Å². The van der Waals surface area contributed by atoms with E-state index in [0.717, 1.165) is 43.3 Å². The first-order valence-corrected chi connectivity index (χ1v) is 17.1. The molecular formula is C34H73NO3. The Morgan fingerprint density at radius 3 is 0.842 bits per heavy atom. The Morgan fingerprint density at radius 2 is 0.605 bits per heavy atom. The molecule has 0 heterocycles. The summed E-state index contributed by atoms with van der Waals surface area (Å²) in [6, 6.07) is 0. The van der Waals surface area contributed by atoms with Gasteiger partial charge in [-0.15, -0.1) is 0 Å². The van der Waals surface area contributed by atoms with Crippen molar-refractivity contribution in [3.8, 4) is 0 Å². The van der Waals surface area contributed by atoms with E-state index in [1.54, 1.807) is 0 Å². The first kappa shape index (κ1) is 40.0. The summed E-state index contributed by atoms with van der Waals surface area (Å²) in [6.45, 7) is 6.08. The number of unbranched alkanes of at least 4 members (excludes halogenated alkanes) is 22. The SMILES string of the molecule is CCCCCCCCCCCCCCC(O)C[N+](C)(C)CC(O)CCCCCCCCCCCCCC.[OH-]. The molecule has 0 radical (unpaired) electrons. The van der Waals surface area contributed by atoms with Crippen molar-refractivity contribution >= 4 is 0 Å². The van der Waals surface area contributed by atoms with Crippen LogP contribution in [0.15, 0.2) is 0 Å². The molecule has 2 unspecified atom stereocenters. The van der Waals surface area contributed by atoms with Gasteiger partial charge < -0.3 is 20.2 Å². The van der Waals surface area contributed by atoms with Crippen LogP contribution in [0.4, 0.5) is 0 Å². The normalized spacial score (nSPS) is 13.4. The quantitative estimate of drug-likeness (QED) is 0.0699. The highest BCUT2D eigenvalue weighted by Crippen LogP contribution is 2.16. The Labute approximate surface area is 240 Å². The van der Waals surface area contributed by atoms with E-state index in [-0.39, 0.29) is 17.7 Å². The highest BCUT2D eigenvalue weighted by molar-refractivity contribution is 4.60. The Hall–Kier alpha value is -0.160. The van der Waals surface area contributed by atoms with E-state index in [1.165, 1.54) is 141 Å². The molecule has 0 spiro atoms. The predicted octanol–water partition coefficient (Wildman–Crippen LogP) is 9.79. The molecule has 0 aromatic heterocycles. The second kappa shape index (κ2) is 29.8. The maximum Gasteiger partial charge on any atom is 0.105 e. The van der Waals surface area contributed by atoms with Crippen LogP contribution in [0.5, 0.6) is 0 Å². The zero-order valence-corrected chi connectivity index (χ0v) is 26.7. The minimum Gasteiger partial charge on any atom is -0.870 e. The average Bonchev–Trinajstić information content (AvgIpc) is 2.84. The number of hydrogen-bond donors (Lipinski definition) is 2. The Morgan fingerprint density at radius 1 is 0.395 bits per heavy atom. The lowest BCUT2D eigenvalue weighted by atomic mass is 10.0. The fraction of sp³-hybridized carbons (Fsp3) is 1.00. The van der Waals surface area contributed by atoms with Crippen molar-refractivity contribution in [1.29, 1.82) is 0 Å². The molecule has 2 atom stereocenters. The molecule has 0 saturated heterocycles. The van der Waals surface area contributed by atoms with Crippen molar-refractivity contribution in [3.05, 3.63) is 0 Å². The molecule has 0 rings (SSSR count). The Bertz CT molecular complexity index is 405. The Balaban J connectivity index is 0. The van der Waals surface area contributed by atoms with E-state index >= 15 is 0 Å². The molecular weight excluding hydrogens is 470 g/mol. The van der Waals surface area contributed by atoms with Gasteiger partial charge in [0.1, 0.15) is 25.3 Å². The van der Waals surface area contributed by atoms with Gasteiger partial charge in [-0.25, -0.2) is 0 Å². The summed E-state index contributed by atoms with van der Waals surface area (Å²) in [4.78, 5) is 0. The summed E-state index contributed by atoms with van der Waals surface area (Å²) in [6.07, 6.45) is 33.9. The molecule has 0 aliphatic carbocycles. The summed E-state index contributed by atoms with van der Waals surface area (Å²) in [5.41, 5.74) is 0. The third-order valence-electron chi connectivity index (χ3n) is 8.19. The first-order chi connectivity index (χ1) is 17.9. The minimum absolute atomic E-state index is 0. The maximum atomic E-state index is 10.6. The van der Waals surface area contributed by atoms with Crippen molar-refractivity contribution in [2.24, 2.45) is 0 Å². The van der Waals surface area contributed by atoms with Crippen LogP contribution in [0.3, 0.4) is 0 Å². The van der Waals surface area contributed by atoms with Crippen LogP contribution in [0, 0.1) is 0 Å². The van der Waals surface area contributed by atoms with E-state index < -0.39 is 0 Å². The van der Waals surface area contributed by atoms with E-state index in [2.05, 4.69) is 27.9 Å². The lowest BCUT2D eigenvalue weighted by molar-refractivity contribution is -0.896. The molecule has 0 amide bonds. The van der Waals surface area contributed by atoms with Crippen molar-refractivity contribution in [3.63, 3.8) is 0 Å². The highest BCUT2D eigenvalue weighted by atomic mass is 16.3. The molecule has 3 N–H and O–H groups in total. The van der Waals surface area contributed by atoms with E-state index in [0.29, 0.717) is 0 Å². The van der Waals surface area contributed by atoms with Gasteiger partial charge in [0, 0.05) is 0 Å². The van der Waals surface area contributed by atoms with Crippen molar-refractivity contribution in [1.82, 2.24) is 0 Å². The fourth-order valence-electron chi connectivity index (χ4n) is 5.84. The molecule has 0 aromatic carbocycles. The molecule has 38 heavy (non-hydrogen) atoms. The topological polar surface area (TPSA) is 70.5 Å². The molecule has 4 heteroatoms. The molecule has 4 nitrogen and oxygen atoms in total. The zero-order chi connectivity index (χ0) is 27.5. The standard InChI is InChI=1S/C34H72NO2.H2O/c1-5-7-9-11-13-15-17-19-21-23-25-27-29-33(36)31-35(3,4)32-34(37)30-28-26-24-22-20-18-16-14-12-10-8-6-2;/h33-34,36-37H,5-32H2,1-4H3;1H2/q+1;/p-1. The van der Waals surface area contributed by atoms with Gasteiger partial charge in [-0.1, -0.05) is 168 Å². The van der Waals surface area contributed by atoms with Crippen LogP contribution in [-0.2, 0) is 0 Å². The molecule has 0 aromatic rings. The second-order valence-corrected chi connectivity index (χ2v) is 13.0. The number of quaternary nitrogens is 1. The number of aliphatic hydroxyl groups excluding tert-OH is 2. The van der Waals surface area contributed by atoms with Crippen LogP contribution < -0.4 is 0 Å². The van der Waals surface area contributed by atoms with Gasteiger partial charge in [0.15, 0.2) is 0 Å². The fourth-order valence-corrected chi connectivity index (χ4v) is 5.84. The third-order valence-corrected chi connectivity index (χ3v) is 8.19. The van der Waals surface area contributed by atoms with Gasteiger partial charge >= 0.3 is 0 Å². The van der Waals surface area contributed by atoms with Crippen LogP contribution in [0.1, 0.15) is 181 Å². The maximum absolute atomic E-state index is 10.6. The Kier molecular flexibility index (Phi) is 31.4. The lowest BCUT2D eigenvalue weighted by Gasteiger charge is -2.33. The molecule has 0 fully saturated rings. The number of nitrogens with zero attached hydrogens (tertiary/aromatic N) is 1. The van der Waals surface area contributed by atoms with Gasteiger partial charge in [-0.3, -0.25) is 0 Å². The van der Waals surface area contributed by atoms with Crippen molar-refractivity contribution in [2.45, 2.75) is 193 Å². The van der Waals surface area contributed by atoms with Crippen LogP contribution in [0.2, 0.25) is 0 Å². The third kappa shape index (κ3) is 30.4. The highest BCUT2D eigenvalue weighted by Gasteiger charge is 2.23. The molecule has 0 aliphatic heterocycles. The van der Waals surface area contributed by atoms with E-state index in [4.69, 9.17) is 0 Å². The molecule has 232 valence electrons. The smallest absolute Gasteiger partial charge is 0.105 e. The number of likely N-dealkylation sites (N-methyl/N-ethyl adjacent to an activating group) is 1. The van der Waals surface area contributed by atoms with Gasteiger partial charge in [-0.2, -0.15) is 0 Å². The van der Waals surface area contributed by atoms with Gasteiger partial charge in [0.2, 0.25) is 0 Å². The predicted molar refractivity (Wildman–Crippen MR) is 167 cm³/mol. The monoisotopic (exact) mass is 544 g/mol. The summed E-state index contributed by atoms with van der Waals surface area (Å²) in [5.74, 6) is 0. The molecule has 0 bridgehead atoms. The number of rotatable bonds is 30. The van der Waals surface area contributed by atoms with Crippen LogP contribution in [0.25, 0.3) is 0 Å². The van der Waals surface area contributed by atoms with Crippen LogP contribution >= 0.6 is 0 Å². The minimum atomic E-state index is -0.239. The largest absolute Gasteiger partial charge is 0.870 e. The average molecular weight is 544 g/mol. The summed E-state index contributed by atoms with van der Waals surface area (Å²) < 4.78 is 0.721. The van der Waals surface area contributed by atoms with E-state index in [1.807, 2.05) is 0 Å². The first-order valence-electron chi connectivity index (χ1n) is 17.1. The summed E-state index contributed by atoms with van der Waals surface area (Å²) in [5, 5.41) is 21.1. The second-order valence-electron chi connectivity index (χ2n) is 13.0. The summed E-state index contributed by atoms with van der Waals surface area (Å²) in [7, 11) is 4.33. The number of hydrogen-bond acceptors (Lipinski definition) is 3. The number of aliphatic hydroxyl groups is 2. The molecule has 0 saturated carbocycles. The van der Waals surface area contributed by atoms with Crippen LogP contribution in [-0.4, -0.2) is 59.6 Å².